The lowest BCUT2D eigenvalue weighted by Gasteiger charge is -2.28. The molecule has 0 radical (unpaired) electrons. The van der Waals surface area contributed by atoms with E-state index < -0.39 is 22.1 Å². The Morgan fingerprint density at radius 1 is 1.10 bits per heavy atom. The Morgan fingerprint density at radius 2 is 1.85 bits per heavy atom. The summed E-state index contributed by atoms with van der Waals surface area (Å²) >= 11 is 0. The summed E-state index contributed by atoms with van der Waals surface area (Å²) in [7, 11) is -2.31. The molecule has 39 heavy (non-hydrogen) atoms. The van der Waals surface area contributed by atoms with Gasteiger partial charge in [-0.05, 0) is 56.2 Å². The van der Waals surface area contributed by atoms with Gasteiger partial charge in [-0.15, -0.1) is 0 Å². The Kier molecular flexibility index (Phi) is 8.24. The average molecular weight is 553 g/mol. The van der Waals surface area contributed by atoms with Gasteiger partial charge in [0.05, 0.1) is 35.5 Å². The van der Waals surface area contributed by atoms with Crippen LogP contribution in [0.3, 0.4) is 0 Å². The van der Waals surface area contributed by atoms with Crippen LogP contribution in [0.15, 0.2) is 78.0 Å². The van der Waals surface area contributed by atoms with Crippen molar-refractivity contribution in [2.45, 2.75) is 43.4 Å². The molecular weight excluding hydrogens is 520 g/mol. The van der Waals surface area contributed by atoms with Crippen LogP contribution in [0.1, 0.15) is 42.3 Å². The highest BCUT2D eigenvalue weighted by Gasteiger charge is 2.21. The maximum absolute atomic E-state index is 12.6. The zero-order valence-electron chi connectivity index (χ0n) is 22.0. The molecule has 0 spiro atoms. The first kappa shape index (κ1) is 28.1. The number of aromatic nitrogens is 2. The molecule has 0 fully saturated rings. The van der Waals surface area contributed by atoms with Crippen molar-refractivity contribution >= 4 is 32.7 Å². The van der Waals surface area contributed by atoms with Crippen LogP contribution in [0, 0.1) is 0 Å². The van der Waals surface area contributed by atoms with E-state index in [1.54, 1.807) is 54.9 Å². The Hall–Kier alpha value is -3.93. The highest BCUT2D eigenvalue weighted by molar-refractivity contribution is 7.92. The van der Waals surface area contributed by atoms with Gasteiger partial charge in [-0.1, -0.05) is 30.3 Å². The number of imidazole rings is 1. The minimum Gasteiger partial charge on any atom is -0.496 e. The highest BCUT2D eigenvalue weighted by atomic mass is 32.2. The number of β-amino-alcohol motifs (C(OH)–C–C–N with tert-alkyl or cyclic N) is 1. The van der Waals surface area contributed by atoms with Crippen molar-refractivity contribution in [1.82, 2.24) is 14.9 Å². The third-order valence-electron chi connectivity index (χ3n) is 6.50. The minimum atomic E-state index is -3.74. The molecule has 4 aromatic rings. The van der Waals surface area contributed by atoms with Gasteiger partial charge in [0.2, 0.25) is 0 Å². The topological polar surface area (TPSA) is 143 Å². The molecule has 4 rings (SSSR count). The number of anilines is 1. The first-order valence-electron chi connectivity index (χ1n) is 12.4. The number of carbonyl (C=O) groups is 1. The first-order valence-corrected chi connectivity index (χ1v) is 13.8. The van der Waals surface area contributed by atoms with Crippen molar-refractivity contribution in [2.75, 3.05) is 18.4 Å². The number of hydrogen-bond acceptors (Lipinski definition) is 7. The molecule has 0 amide bonds. The Labute approximate surface area is 227 Å². The largest absolute Gasteiger partial charge is 0.496 e. The number of aryl methyl sites for hydroxylation is 1. The molecule has 1 heterocycles. The molecule has 1 unspecified atom stereocenters. The summed E-state index contributed by atoms with van der Waals surface area (Å²) in [4.78, 5) is 16.0. The number of nitrogens with zero attached hydrogens (tertiary/aromatic N) is 2. The maximum Gasteiger partial charge on any atom is 0.339 e. The van der Waals surface area contributed by atoms with E-state index in [2.05, 4.69) is 15.0 Å². The Morgan fingerprint density at radius 3 is 2.54 bits per heavy atom. The number of ether oxygens (including phenoxy) is 1. The number of aliphatic hydroxyl groups excluding tert-OH is 1. The van der Waals surface area contributed by atoms with Crippen molar-refractivity contribution in [3.63, 3.8) is 0 Å². The number of fused-ring (bicyclic) bond motifs is 1. The zero-order valence-corrected chi connectivity index (χ0v) is 22.8. The highest BCUT2D eigenvalue weighted by Crippen LogP contribution is 2.27. The molecule has 1 aromatic heterocycles. The van der Waals surface area contributed by atoms with Crippen LogP contribution in [-0.2, 0) is 16.6 Å². The van der Waals surface area contributed by atoms with E-state index in [-0.39, 0.29) is 28.3 Å². The lowest BCUT2D eigenvalue weighted by Crippen LogP contribution is -2.42. The van der Waals surface area contributed by atoms with Crippen LogP contribution >= 0.6 is 0 Å². The number of aliphatic hydroxyl groups is 1. The average Bonchev–Trinajstić information content (AvgIpc) is 3.32. The number of sulfonamides is 1. The van der Waals surface area contributed by atoms with Crippen molar-refractivity contribution in [3.8, 4) is 5.75 Å². The van der Waals surface area contributed by atoms with Crippen LogP contribution in [0.4, 0.5) is 5.69 Å². The molecule has 10 nitrogen and oxygen atoms in total. The second kappa shape index (κ2) is 11.4. The van der Waals surface area contributed by atoms with Gasteiger partial charge < -0.3 is 24.8 Å². The van der Waals surface area contributed by atoms with E-state index in [4.69, 9.17) is 4.74 Å². The van der Waals surface area contributed by atoms with E-state index in [0.717, 1.165) is 5.52 Å². The summed E-state index contributed by atoms with van der Waals surface area (Å²) in [5, 5.41) is 23.6. The fourth-order valence-electron chi connectivity index (χ4n) is 4.20. The summed E-state index contributed by atoms with van der Waals surface area (Å²) in [5.41, 5.74) is 1.97. The van der Waals surface area contributed by atoms with E-state index in [9.17, 15) is 23.4 Å². The van der Waals surface area contributed by atoms with Gasteiger partial charge in [0.15, 0.2) is 0 Å². The summed E-state index contributed by atoms with van der Waals surface area (Å²) < 4.78 is 35.0. The molecule has 11 heteroatoms. The van der Waals surface area contributed by atoms with Gasteiger partial charge in [0, 0.05) is 30.4 Å². The smallest absolute Gasteiger partial charge is 0.339 e. The summed E-state index contributed by atoms with van der Waals surface area (Å²) in [6.07, 6.45) is 1.49. The number of aromatic carboxylic acids is 1. The molecule has 0 bridgehead atoms. The number of hydrogen-bond donors (Lipinski definition) is 4. The normalized spacial score (nSPS) is 12.8. The minimum absolute atomic E-state index is 0.0585. The summed E-state index contributed by atoms with van der Waals surface area (Å²) in [6, 6.07) is 18.0. The van der Waals surface area contributed by atoms with E-state index in [0.29, 0.717) is 29.7 Å². The zero-order chi connectivity index (χ0) is 28.2. The van der Waals surface area contributed by atoms with Gasteiger partial charge in [0.1, 0.15) is 11.3 Å². The number of carboxylic acid groups (broad SMARTS) is 1. The number of nitrogens with one attached hydrogen (secondary N) is 2. The lowest BCUT2D eigenvalue weighted by atomic mass is 9.99. The quantitative estimate of drug-likeness (QED) is 0.206. The monoisotopic (exact) mass is 552 g/mol. The SMILES string of the molecule is COc1cc2c(cc1C(=O)O)ncn2CCC(C)(C)NCC(O)c1cccc(NS(=O)(=O)c2ccccc2)c1. The third-order valence-corrected chi connectivity index (χ3v) is 7.90. The standard InChI is InChI=1S/C28H32N4O6S/c1-28(2,12-13-32-18-29-23-15-22(27(34)35)26(38-3)16-24(23)32)30-17-25(33)19-8-7-9-20(14-19)31-39(36,37)21-10-5-4-6-11-21/h4-11,14-16,18,25,30-31,33H,12-13,17H2,1-3H3,(H,34,35). The Balaban J connectivity index is 1.38. The van der Waals surface area contributed by atoms with Gasteiger partial charge in [-0.3, -0.25) is 4.72 Å². The molecule has 0 aliphatic heterocycles. The van der Waals surface area contributed by atoms with Crippen molar-refractivity contribution in [2.24, 2.45) is 0 Å². The van der Waals surface area contributed by atoms with Crippen molar-refractivity contribution in [3.05, 3.63) is 84.2 Å². The summed E-state index contributed by atoms with van der Waals surface area (Å²) in [6.45, 7) is 4.89. The molecule has 0 saturated heterocycles. The van der Waals surface area contributed by atoms with Gasteiger partial charge in [-0.25, -0.2) is 18.2 Å². The van der Waals surface area contributed by atoms with Gasteiger partial charge in [-0.2, -0.15) is 0 Å². The van der Waals surface area contributed by atoms with Crippen molar-refractivity contribution in [1.29, 1.82) is 0 Å². The molecule has 3 aromatic carbocycles. The van der Waals surface area contributed by atoms with Crippen LogP contribution < -0.4 is 14.8 Å². The number of methoxy groups -OCH3 is 1. The third kappa shape index (κ3) is 6.75. The fraction of sp³-hybridized carbons (Fsp3) is 0.286. The molecule has 0 saturated carbocycles. The lowest BCUT2D eigenvalue weighted by molar-refractivity contribution is 0.0693. The van der Waals surface area contributed by atoms with Crippen LogP contribution in [-0.4, -0.2) is 53.3 Å². The van der Waals surface area contributed by atoms with Crippen LogP contribution in [0.2, 0.25) is 0 Å². The molecule has 0 aliphatic rings. The number of benzene rings is 3. The second-order valence-corrected chi connectivity index (χ2v) is 11.5. The molecule has 1 atom stereocenters. The van der Waals surface area contributed by atoms with E-state index in [1.807, 2.05) is 18.4 Å². The fourth-order valence-corrected chi connectivity index (χ4v) is 5.27. The van der Waals surface area contributed by atoms with Crippen LogP contribution in [0.25, 0.3) is 11.0 Å². The van der Waals surface area contributed by atoms with E-state index >= 15 is 0 Å². The van der Waals surface area contributed by atoms with Crippen LogP contribution in [0.5, 0.6) is 5.75 Å². The second-order valence-electron chi connectivity index (χ2n) is 9.86. The van der Waals surface area contributed by atoms with Gasteiger partial charge in [0.25, 0.3) is 10.0 Å². The predicted molar refractivity (Wildman–Crippen MR) is 149 cm³/mol. The van der Waals surface area contributed by atoms with Crippen molar-refractivity contribution < 1.29 is 28.2 Å². The number of rotatable bonds is 12. The molecule has 0 aliphatic carbocycles. The Bertz CT molecular complexity index is 1570. The van der Waals surface area contributed by atoms with Gasteiger partial charge >= 0.3 is 5.97 Å². The predicted octanol–water partition coefficient (Wildman–Crippen LogP) is 4.04. The maximum atomic E-state index is 12.6. The molecule has 4 N–H and O–H groups in total. The summed E-state index contributed by atoms with van der Waals surface area (Å²) in [5.74, 6) is -0.808. The molecular formula is C28H32N4O6S. The molecule has 206 valence electrons. The van der Waals surface area contributed by atoms with E-state index in [1.165, 1.54) is 25.3 Å². The number of carboxylic acids is 1. The first-order chi connectivity index (χ1) is 18.5.